The van der Waals surface area contributed by atoms with Gasteiger partial charge in [0.05, 0.1) is 12.4 Å². The number of rotatable bonds is 9. The lowest BCUT2D eigenvalue weighted by Gasteiger charge is -2.14. The van der Waals surface area contributed by atoms with Crippen molar-refractivity contribution in [1.29, 1.82) is 0 Å². The molecule has 0 radical (unpaired) electrons. The maximum absolute atomic E-state index is 5.86. The van der Waals surface area contributed by atoms with Crippen LogP contribution in [0.15, 0.2) is 58.1 Å². The van der Waals surface area contributed by atoms with Gasteiger partial charge in [0.2, 0.25) is 0 Å². The summed E-state index contributed by atoms with van der Waals surface area (Å²) in [6.07, 6.45) is 3.58. The highest BCUT2D eigenvalue weighted by molar-refractivity contribution is 5.79. The van der Waals surface area contributed by atoms with Gasteiger partial charge in [0.1, 0.15) is 5.76 Å². The van der Waals surface area contributed by atoms with Crippen LogP contribution in [0.2, 0.25) is 0 Å². The van der Waals surface area contributed by atoms with Crippen LogP contribution in [0.5, 0.6) is 0 Å². The van der Waals surface area contributed by atoms with Gasteiger partial charge in [0.25, 0.3) is 0 Å². The highest BCUT2D eigenvalue weighted by Crippen LogP contribution is 2.15. The number of benzene rings is 1. The fourth-order valence-electron chi connectivity index (χ4n) is 2.34. The van der Waals surface area contributed by atoms with Gasteiger partial charge < -0.3 is 19.8 Å². The third kappa shape index (κ3) is 6.46. The largest absolute Gasteiger partial charge is 0.469 e. The molecule has 1 unspecified atom stereocenters. The van der Waals surface area contributed by atoms with Crippen LogP contribution in [0.4, 0.5) is 0 Å². The first-order valence-electron chi connectivity index (χ1n) is 8.43. The summed E-state index contributed by atoms with van der Waals surface area (Å²) in [6.45, 7) is 4.40. The third-order valence-electron chi connectivity index (χ3n) is 3.72. The van der Waals surface area contributed by atoms with Crippen LogP contribution >= 0.6 is 0 Å². The van der Waals surface area contributed by atoms with E-state index in [-0.39, 0.29) is 6.10 Å². The van der Waals surface area contributed by atoms with Crippen molar-refractivity contribution in [2.45, 2.75) is 25.9 Å². The molecular weight excluding hydrogens is 302 g/mol. The molecule has 130 valence electrons. The van der Waals surface area contributed by atoms with Gasteiger partial charge >= 0.3 is 0 Å². The van der Waals surface area contributed by atoms with E-state index in [0.717, 1.165) is 37.7 Å². The van der Waals surface area contributed by atoms with Crippen LogP contribution in [0.1, 0.15) is 30.8 Å². The van der Waals surface area contributed by atoms with Gasteiger partial charge in [-0.15, -0.1) is 0 Å². The second kappa shape index (κ2) is 10.5. The molecule has 0 aliphatic carbocycles. The Morgan fingerprint density at radius 1 is 1.12 bits per heavy atom. The van der Waals surface area contributed by atoms with E-state index in [1.165, 1.54) is 5.56 Å². The highest BCUT2D eigenvalue weighted by atomic mass is 16.5. The third-order valence-corrected chi connectivity index (χ3v) is 3.72. The number of furan rings is 1. The topological polar surface area (TPSA) is 58.8 Å². The summed E-state index contributed by atoms with van der Waals surface area (Å²) in [4.78, 5) is 4.21. The predicted octanol–water partition coefficient (Wildman–Crippen LogP) is 3.16. The summed E-state index contributed by atoms with van der Waals surface area (Å²) >= 11 is 0. The predicted molar refractivity (Wildman–Crippen MR) is 97.2 cm³/mol. The molecule has 0 saturated carbocycles. The van der Waals surface area contributed by atoms with E-state index in [4.69, 9.17) is 9.15 Å². The van der Waals surface area contributed by atoms with Gasteiger partial charge in [0, 0.05) is 33.2 Å². The molecule has 0 saturated heterocycles. The standard InChI is InChI=1S/C19H27N3O2/c1-16(17-8-4-3-5-9-17)23-15-7-12-21-19(20-2)22-13-11-18-10-6-14-24-18/h3-6,8-10,14,16H,7,11-13,15H2,1-2H3,(H2,20,21,22). The molecule has 1 aromatic heterocycles. The Morgan fingerprint density at radius 3 is 2.62 bits per heavy atom. The van der Waals surface area contributed by atoms with E-state index in [2.05, 4.69) is 34.7 Å². The Bertz CT molecular complexity index is 582. The zero-order valence-electron chi connectivity index (χ0n) is 14.5. The van der Waals surface area contributed by atoms with Crippen LogP contribution in [0.3, 0.4) is 0 Å². The zero-order valence-corrected chi connectivity index (χ0v) is 14.5. The number of nitrogens with zero attached hydrogens (tertiary/aromatic N) is 1. The van der Waals surface area contributed by atoms with Crippen LogP contribution in [-0.4, -0.2) is 32.7 Å². The first-order valence-corrected chi connectivity index (χ1v) is 8.43. The van der Waals surface area contributed by atoms with E-state index in [9.17, 15) is 0 Å². The van der Waals surface area contributed by atoms with Crippen LogP contribution in [0, 0.1) is 0 Å². The Morgan fingerprint density at radius 2 is 1.92 bits per heavy atom. The Labute approximate surface area is 144 Å². The molecule has 0 spiro atoms. The van der Waals surface area contributed by atoms with Crippen molar-refractivity contribution in [3.8, 4) is 0 Å². The van der Waals surface area contributed by atoms with E-state index >= 15 is 0 Å². The minimum Gasteiger partial charge on any atom is -0.469 e. The Balaban J connectivity index is 1.55. The molecule has 1 aromatic carbocycles. The van der Waals surface area contributed by atoms with E-state index < -0.39 is 0 Å². The van der Waals surface area contributed by atoms with Crippen molar-refractivity contribution >= 4 is 5.96 Å². The lowest BCUT2D eigenvalue weighted by Crippen LogP contribution is -2.39. The fourth-order valence-corrected chi connectivity index (χ4v) is 2.34. The highest BCUT2D eigenvalue weighted by Gasteiger charge is 2.04. The number of ether oxygens (including phenoxy) is 1. The molecule has 2 rings (SSSR count). The number of guanidine groups is 1. The van der Waals surface area contributed by atoms with Crippen molar-refractivity contribution in [1.82, 2.24) is 10.6 Å². The fraction of sp³-hybridized carbons (Fsp3) is 0.421. The molecule has 0 amide bonds. The van der Waals surface area contributed by atoms with Gasteiger partial charge in [-0.25, -0.2) is 0 Å². The molecule has 2 aromatic rings. The SMILES string of the molecule is CN=C(NCCCOC(C)c1ccccc1)NCCc1ccco1. The van der Waals surface area contributed by atoms with Gasteiger partial charge in [-0.2, -0.15) is 0 Å². The van der Waals surface area contributed by atoms with Crippen LogP contribution < -0.4 is 10.6 Å². The molecular formula is C19H27N3O2. The van der Waals surface area contributed by atoms with Crippen molar-refractivity contribution in [3.63, 3.8) is 0 Å². The van der Waals surface area contributed by atoms with E-state index in [1.54, 1.807) is 13.3 Å². The maximum atomic E-state index is 5.86. The number of aliphatic imine (C=N–C) groups is 1. The minimum atomic E-state index is 0.122. The quantitative estimate of drug-likeness (QED) is 0.421. The summed E-state index contributed by atoms with van der Waals surface area (Å²) in [5.41, 5.74) is 1.21. The average Bonchev–Trinajstić information content (AvgIpc) is 3.14. The Kier molecular flexibility index (Phi) is 7.90. The smallest absolute Gasteiger partial charge is 0.190 e. The summed E-state index contributed by atoms with van der Waals surface area (Å²) in [5.74, 6) is 1.78. The molecule has 0 bridgehead atoms. The molecule has 1 atom stereocenters. The molecule has 5 nitrogen and oxygen atoms in total. The monoisotopic (exact) mass is 329 g/mol. The second-order valence-corrected chi connectivity index (χ2v) is 5.53. The van der Waals surface area contributed by atoms with E-state index in [1.807, 2.05) is 30.3 Å². The second-order valence-electron chi connectivity index (χ2n) is 5.53. The molecule has 5 heteroatoms. The summed E-state index contributed by atoms with van der Waals surface area (Å²) in [6, 6.07) is 14.2. The molecule has 0 aliphatic heterocycles. The summed E-state index contributed by atoms with van der Waals surface area (Å²) < 4.78 is 11.2. The van der Waals surface area contributed by atoms with Crippen molar-refractivity contribution in [3.05, 3.63) is 60.1 Å². The lowest BCUT2D eigenvalue weighted by atomic mass is 10.1. The molecule has 0 fully saturated rings. The zero-order chi connectivity index (χ0) is 17.0. The van der Waals surface area contributed by atoms with Crippen LogP contribution in [0.25, 0.3) is 0 Å². The normalized spacial score (nSPS) is 12.8. The Hall–Kier alpha value is -2.27. The first kappa shape index (κ1) is 18.1. The minimum absolute atomic E-state index is 0.122. The number of hydrogen-bond donors (Lipinski definition) is 2. The van der Waals surface area contributed by atoms with Gasteiger partial charge in [0.15, 0.2) is 5.96 Å². The molecule has 0 aliphatic rings. The number of hydrogen-bond acceptors (Lipinski definition) is 3. The van der Waals surface area contributed by atoms with Crippen LogP contribution in [-0.2, 0) is 11.2 Å². The molecule has 2 N–H and O–H groups in total. The van der Waals surface area contributed by atoms with E-state index in [0.29, 0.717) is 6.61 Å². The van der Waals surface area contributed by atoms with Crippen molar-refractivity contribution in [2.75, 3.05) is 26.7 Å². The van der Waals surface area contributed by atoms with Gasteiger partial charge in [-0.3, -0.25) is 4.99 Å². The van der Waals surface area contributed by atoms with Gasteiger partial charge in [-0.1, -0.05) is 30.3 Å². The number of nitrogens with one attached hydrogen (secondary N) is 2. The average molecular weight is 329 g/mol. The lowest BCUT2D eigenvalue weighted by molar-refractivity contribution is 0.0646. The van der Waals surface area contributed by atoms with Gasteiger partial charge in [-0.05, 0) is 31.0 Å². The summed E-state index contributed by atoms with van der Waals surface area (Å²) in [7, 11) is 1.77. The summed E-state index contributed by atoms with van der Waals surface area (Å²) in [5, 5.41) is 6.56. The van der Waals surface area contributed by atoms with Crippen molar-refractivity contribution < 1.29 is 9.15 Å². The molecule has 24 heavy (non-hydrogen) atoms. The van der Waals surface area contributed by atoms with Crippen molar-refractivity contribution in [2.24, 2.45) is 4.99 Å². The first-order chi connectivity index (χ1) is 11.8. The molecule has 1 heterocycles. The maximum Gasteiger partial charge on any atom is 0.190 e.